The van der Waals surface area contributed by atoms with E-state index in [1.165, 1.54) is 12.8 Å². The lowest BCUT2D eigenvalue weighted by Gasteiger charge is -2.35. The number of pyridine rings is 1. The van der Waals surface area contributed by atoms with Crippen LogP contribution < -0.4 is 15.4 Å². The molecule has 1 aliphatic rings. The zero-order chi connectivity index (χ0) is 13.8. The van der Waals surface area contributed by atoms with E-state index in [9.17, 15) is 0 Å². The second-order valence-electron chi connectivity index (χ2n) is 5.14. The molecule has 2 heterocycles. The molecule has 2 rings (SSSR count). The van der Waals surface area contributed by atoms with Crippen molar-refractivity contribution in [3.8, 4) is 5.88 Å². The molecule has 2 N–H and O–H groups in total. The number of nitrogen functional groups attached to an aromatic ring is 1. The highest BCUT2D eigenvalue weighted by molar-refractivity contribution is 5.54. The fraction of sp³-hybridized carbons (Fsp3) is 0.643. The molecule has 0 aliphatic carbocycles. The summed E-state index contributed by atoms with van der Waals surface area (Å²) in [6.45, 7) is 4.80. The third kappa shape index (κ3) is 3.29. The van der Waals surface area contributed by atoms with Gasteiger partial charge in [-0.1, -0.05) is 0 Å². The lowest BCUT2D eigenvalue weighted by atomic mass is 10.0. The number of aromatic nitrogens is 1. The molecule has 5 heteroatoms. The largest absolute Gasteiger partial charge is 0.476 e. The van der Waals surface area contributed by atoms with E-state index in [4.69, 9.17) is 10.5 Å². The predicted octanol–water partition coefficient (Wildman–Crippen LogP) is 1.59. The molecule has 19 heavy (non-hydrogen) atoms. The second-order valence-corrected chi connectivity index (χ2v) is 5.14. The van der Waals surface area contributed by atoms with Gasteiger partial charge in [-0.15, -0.1) is 0 Å². The van der Waals surface area contributed by atoms with E-state index < -0.39 is 0 Å². The first-order chi connectivity index (χ1) is 9.11. The minimum absolute atomic E-state index is 0.541. The van der Waals surface area contributed by atoms with Gasteiger partial charge in [0, 0.05) is 13.1 Å². The predicted molar refractivity (Wildman–Crippen MR) is 78.7 cm³/mol. The molecule has 106 valence electrons. The summed E-state index contributed by atoms with van der Waals surface area (Å²) in [5.41, 5.74) is 6.46. The fourth-order valence-corrected chi connectivity index (χ4v) is 2.46. The summed E-state index contributed by atoms with van der Waals surface area (Å²) in [5, 5.41) is 0. The molecule has 0 bridgehead atoms. The highest BCUT2D eigenvalue weighted by Crippen LogP contribution is 2.25. The van der Waals surface area contributed by atoms with Crippen LogP contribution in [0.15, 0.2) is 12.1 Å². The van der Waals surface area contributed by atoms with Gasteiger partial charge in [-0.05, 0) is 52.0 Å². The maximum absolute atomic E-state index is 5.86. The SMILES string of the molecule is CCOc1nc(N(C)C2CCN(C)CC2)ccc1N. The van der Waals surface area contributed by atoms with Crippen LogP contribution >= 0.6 is 0 Å². The lowest BCUT2D eigenvalue weighted by Crippen LogP contribution is -2.42. The van der Waals surface area contributed by atoms with Crippen LogP contribution in [0, 0.1) is 0 Å². The fourth-order valence-electron chi connectivity index (χ4n) is 2.46. The Kier molecular flexibility index (Phi) is 4.47. The van der Waals surface area contributed by atoms with E-state index >= 15 is 0 Å². The molecule has 0 radical (unpaired) electrons. The highest BCUT2D eigenvalue weighted by Gasteiger charge is 2.22. The Hall–Kier alpha value is -1.49. The van der Waals surface area contributed by atoms with Crippen LogP contribution in [0.1, 0.15) is 19.8 Å². The number of piperidine rings is 1. The van der Waals surface area contributed by atoms with E-state index in [1.807, 2.05) is 19.1 Å². The van der Waals surface area contributed by atoms with Gasteiger partial charge >= 0.3 is 0 Å². The van der Waals surface area contributed by atoms with Crippen molar-refractivity contribution < 1.29 is 4.74 Å². The summed E-state index contributed by atoms with van der Waals surface area (Å²) in [4.78, 5) is 9.13. The second kappa shape index (κ2) is 6.10. The Morgan fingerprint density at radius 2 is 2.11 bits per heavy atom. The quantitative estimate of drug-likeness (QED) is 0.895. The van der Waals surface area contributed by atoms with E-state index in [1.54, 1.807) is 0 Å². The van der Waals surface area contributed by atoms with Gasteiger partial charge in [0.1, 0.15) is 5.82 Å². The number of likely N-dealkylation sites (tertiary alicyclic amines) is 1. The van der Waals surface area contributed by atoms with E-state index in [-0.39, 0.29) is 0 Å². The van der Waals surface area contributed by atoms with Crippen molar-refractivity contribution in [1.82, 2.24) is 9.88 Å². The summed E-state index contributed by atoms with van der Waals surface area (Å²) in [5.74, 6) is 1.48. The van der Waals surface area contributed by atoms with Crippen LogP contribution in [-0.4, -0.2) is 49.7 Å². The molecule has 0 aromatic carbocycles. The average molecular weight is 264 g/mol. The normalized spacial score (nSPS) is 17.4. The van der Waals surface area contributed by atoms with Crippen LogP contribution in [0.25, 0.3) is 0 Å². The number of hydrogen-bond acceptors (Lipinski definition) is 5. The number of nitrogens with zero attached hydrogens (tertiary/aromatic N) is 3. The molecule has 0 atom stereocenters. The van der Waals surface area contributed by atoms with Crippen molar-refractivity contribution in [2.75, 3.05) is 44.4 Å². The van der Waals surface area contributed by atoms with Gasteiger partial charge in [-0.3, -0.25) is 0 Å². The average Bonchev–Trinajstić information content (AvgIpc) is 2.41. The van der Waals surface area contributed by atoms with E-state index in [2.05, 4.69) is 28.9 Å². The van der Waals surface area contributed by atoms with Gasteiger partial charge in [0.15, 0.2) is 0 Å². The lowest BCUT2D eigenvalue weighted by molar-refractivity contribution is 0.252. The maximum atomic E-state index is 5.86. The zero-order valence-electron chi connectivity index (χ0n) is 12.1. The minimum atomic E-state index is 0.541. The maximum Gasteiger partial charge on any atom is 0.239 e. The first-order valence-corrected chi connectivity index (χ1v) is 6.92. The highest BCUT2D eigenvalue weighted by atomic mass is 16.5. The van der Waals surface area contributed by atoms with Crippen molar-refractivity contribution in [2.45, 2.75) is 25.8 Å². The van der Waals surface area contributed by atoms with Gasteiger partial charge in [0.2, 0.25) is 5.88 Å². The third-order valence-electron chi connectivity index (χ3n) is 3.75. The Morgan fingerprint density at radius 3 is 2.74 bits per heavy atom. The van der Waals surface area contributed by atoms with E-state index in [0.29, 0.717) is 24.2 Å². The smallest absolute Gasteiger partial charge is 0.239 e. The molecule has 1 aromatic rings. The molecule has 1 saturated heterocycles. The van der Waals surface area contributed by atoms with Gasteiger partial charge in [0.05, 0.1) is 12.3 Å². The van der Waals surface area contributed by atoms with Gasteiger partial charge in [-0.25, -0.2) is 0 Å². The van der Waals surface area contributed by atoms with Crippen molar-refractivity contribution in [3.05, 3.63) is 12.1 Å². The Balaban J connectivity index is 2.10. The first kappa shape index (κ1) is 13.9. The topological polar surface area (TPSA) is 54.6 Å². The van der Waals surface area contributed by atoms with Crippen LogP contribution in [-0.2, 0) is 0 Å². The number of anilines is 2. The van der Waals surface area contributed by atoms with Crippen LogP contribution in [0.5, 0.6) is 5.88 Å². The number of rotatable bonds is 4. The summed E-state index contributed by atoms with van der Waals surface area (Å²) >= 11 is 0. The number of hydrogen-bond donors (Lipinski definition) is 1. The molecule has 1 fully saturated rings. The zero-order valence-corrected chi connectivity index (χ0v) is 12.1. The van der Waals surface area contributed by atoms with Gasteiger partial charge in [-0.2, -0.15) is 4.98 Å². The minimum Gasteiger partial charge on any atom is -0.476 e. The molecule has 0 spiro atoms. The molecular formula is C14H24N4O. The molecule has 0 saturated carbocycles. The van der Waals surface area contributed by atoms with Crippen molar-refractivity contribution in [2.24, 2.45) is 0 Å². The van der Waals surface area contributed by atoms with Crippen molar-refractivity contribution in [3.63, 3.8) is 0 Å². The van der Waals surface area contributed by atoms with E-state index in [0.717, 1.165) is 18.9 Å². The van der Waals surface area contributed by atoms with Gasteiger partial charge in [0.25, 0.3) is 0 Å². The van der Waals surface area contributed by atoms with Crippen LogP contribution in [0.4, 0.5) is 11.5 Å². The standard InChI is InChI=1S/C14H24N4O/c1-4-19-14-12(15)5-6-13(16-14)18(3)11-7-9-17(2)10-8-11/h5-6,11H,4,7-10,15H2,1-3H3. The Labute approximate surface area is 115 Å². The number of ether oxygens (including phenoxy) is 1. The molecular weight excluding hydrogens is 240 g/mol. The summed E-state index contributed by atoms with van der Waals surface area (Å²) in [7, 11) is 4.27. The van der Waals surface area contributed by atoms with Crippen LogP contribution in [0.3, 0.4) is 0 Å². The first-order valence-electron chi connectivity index (χ1n) is 6.92. The Morgan fingerprint density at radius 1 is 1.42 bits per heavy atom. The molecule has 0 amide bonds. The van der Waals surface area contributed by atoms with Gasteiger partial charge < -0.3 is 20.3 Å². The molecule has 5 nitrogen and oxygen atoms in total. The molecule has 1 aromatic heterocycles. The Bertz CT molecular complexity index is 416. The molecule has 1 aliphatic heterocycles. The number of nitrogens with two attached hydrogens (primary N) is 1. The third-order valence-corrected chi connectivity index (χ3v) is 3.75. The summed E-state index contributed by atoms with van der Waals surface area (Å²) in [6.07, 6.45) is 2.34. The molecule has 0 unspecified atom stereocenters. The monoisotopic (exact) mass is 264 g/mol. The van der Waals surface area contributed by atoms with Crippen molar-refractivity contribution >= 4 is 11.5 Å². The summed E-state index contributed by atoms with van der Waals surface area (Å²) in [6, 6.07) is 4.39. The summed E-state index contributed by atoms with van der Waals surface area (Å²) < 4.78 is 5.46. The van der Waals surface area contributed by atoms with Crippen LogP contribution in [0.2, 0.25) is 0 Å². The van der Waals surface area contributed by atoms with Crippen molar-refractivity contribution in [1.29, 1.82) is 0 Å².